The van der Waals surface area contributed by atoms with Crippen LogP contribution in [0.5, 0.6) is 5.75 Å². The number of urea groups is 1. The number of rotatable bonds is 7. The highest BCUT2D eigenvalue weighted by molar-refractivity contribution is 7.87. The van der Waals surface area contributed by atoms with Gasteiger partial charge in [0.15, 0.2) is 0 Å². The number of anilines is 1. The second-order valence-electron chi connectivity index (χ2n) is 7.65. The molecule has 0 unspecified atom stereocenters. The van der Waals surface area contributed by atoms with Crippen molar-refractivity contribution in [3.8, 4) is 5.75 Å². The number of amides is 2. The monoisotopic (exact) mass is 456 g/mol. The van der Waals surface area contributed by atoms with Crippen molar-refractivity contribution in [2.24, 2.45) is 0 Å². The predicted octanol–water partition coefficient (Wildman–Crippen LogP) is 5.34. The summed E-state index contributed by atoms with van der Waals surface area (Å²) < 4.78 is 42.8. The van der Waals surface area contributed by atoms with Crippen LogP contribution < -0.4 is 9.50 Å². The largest absolute Gasteiger partial charge is 0.379 e. The number of nitrogens with zero attached hydrogens (tertiary/aromatic N) is 1. The van der Waals surface area contributed by atoms with Gasteiger partial charge in [-0.1, -0.05) is 29.8 Å². The molecule has 0 aliphatic carbocycles. The quantitative estimate of drug-likeness (QED) is 0.487. The lowest BCUT2D eigenvalue weighted by atomic mass is 10.2. The van der Waals surface area contributed by atoms with Crippen molar-refractivity contribution in [1.82, 2.24) is 4.90 Å². The predicted molar refractivity (Wildman–Crippen MR) is 122 cm³/mol. The van der Waals surface area contributed by atoms with Crippen molar-refractivity contribution in [3.63, 3.8) is 0 Å². The molecule has 8 heteroatoms. The Hall–Kier alpha value is -3.39. The summed E-state index contributed by atoms with van der Waals surface area (Å²) in [6, 6.07) is 18.1. The molecule has 0 atom stereocenters. The molecule has 3 rings (SSSR count). The van der Waals surface area contributed by atoms with Crippen LogP contribution in [0.2, 0.25) is 0 Å². The Balaban J connectivity index is 1.67. The molecule has 0 fully saturated rings. The summed E-state index contributed by atoms with van der Waals surface area (Å²) in [5.74, 6) is -0.410. The van der Waals surface area contributed by atoms with Gasteiger partial charge in [0.05, 0.1) is 0 Å². The van der Waals surface area contributed by atoms with Gasteiger partial charge in [-0.25, -0.2) is 9.18 Å². The molecule has 0 saturated heterocycles. The first kappa shape index (κ1) is 23.3. The van der Waals surface area contributed by atoms with E-state index in [2.05, 4.69) is 5.32 Å². The van der Waals surface area contributed by atoms with Gasteiger partial charge in [0, 0.05) is 18.3 Å². The van der Waals surface area contributed by atoms with Crippen LogP contribution in [0, 0.1) is 12.7 Å². The van der Waals surface area contributed by atoms with Crippen molar-refractivity contribution < 1.29 is 21.8 Å². The molecule has 3 aromatic rings. The maximum absolute atomic E-state index is 13.0. The smallest absolute Gasteiger partial charge is 0.339 e. The van der Waals surface area contributed by atoms with Crippen molar-refractivity contribution in [1.29, 1.82) is 0 Å². The molecule has 0 aliphatic heterocycles. The van der Waals surface area contributed by atoms with Crippen LogP contribution in [-0.2, 0) is 16.7 Å². The lowest BCUT2D eigenvalue weighted by Crippen LogP contribution is -2.39. The van der Waals surface area contributed by atoms with Crippen LogP contribution >= 0.6 is 0 Å². The zero-order chi connectivity index (χ0) is 23.3. The zero-order valence-electron chi connectivity index (χ0n) is 18.1. The van der Waals surface area contributed by atoms with E-state index in [1.54, 1.807) is 17.0 Å². The Morgan fingerprint density at radius 1 is 0.969 bits per heavy atom. The van der Waals surface area contributed by atoms with Crippen molar-refractivity contribution in [2.45, 2.75) is 38.3 Å². The topological polar surface area (TPSA) is 75.7 Å². The number of benzene rings is 3. The molecule has 168 valence electrons. The molecule has 0 aromatic heterocycles. The fourth-order valence-corrected chi connectivity index (χ4v) is 3.87. The summed E-state index contributed by atoms with van der Waals surface area (Å²) >= 11 is 0. The number of nitrogens with one attached hydrogen (secondary N) is 1. The van der Waals surface area contributed by atoms with Crippen LogP contribution in [0.25, 0.3) is 0 Å². The third-order valence-electron chi connectivity index (χ3n) is 4.77. The van der Waals surface area contributed by atoms with E-state index in [-0.39, 0.29) is 22.7 Å². The highest BCUT2D eigenvalue weighted by atomic mass is 32.2. The van der Waals surface area contributed by atoms with Gasteiger partial charge in [-0.3, -0.25) is 0 Å². The molecule has 2 amide bonds. The molecular weight excluding hydrogens is 431 g/mol. The molecule has 6 nitrogen and oxygen atoms in total. The third-order valence-corrected chi connectivity index (χ3v) is 6.03. The number of halogens is 1. The van der Waals surface area contributed by atoms with Crippen molar-refractivity contribution in [3.05, 3.63) is 89.7 Å². The second-order valence-corrected chi connectivity index (χ2v) is 9.20. The Bertz CT molecular complexity index is 1160. The first-order chi connectivity index (χ1) is 15.1. The molecule has 1 N–H and O–H groups in total. The summed E-state index contributed by atoms with van der Waals surface area (Å²) in [6.07, 6.45) is 0. The first-order valence-electron chi connectivity index (χ1n) is 10.1. The molecular formula is C24H25FN2O4S. The number of hydrogen-bond acceptors (Lipinski definition) is 4. The van der Waals surface area contributed by atoms with Gasteiger partial charge in [0.25, 0.3) is 0 Å². The van der Waals surface area contributed by atoms with E-state index in [1.807, 2.05) is 45.0 Å². The van der Waals surface area contributed by atoms with Gasteiger partial charge < -0.3 is 14.4 Å². The normalized spacial score (nSPS) is 11.3. The summed E-state index contributed by atoms with van der Waals surface area (Å²) in [4.78, 5) is 14.3. The van der Waals surface area contributed by atoms with E-state index in [1.165, 1.54) is 12.1 Å². The minimum atomic E-state index is -4.07. The number of aryl methyl sites for hydroxylation is 1. The maximum Gasteiger partial charge on any atom is 0.339 e. The molecule has 0 radical (unpaired) electrons. The molecule has 0 bridgehead atoms. The van der Waals surface area contributed by atoms with Gasteiger partial charge in [0.2, 0.25) is 0 Å². The van der Waals surface area contributed by atoms with Crippen LogP contribution in [0.1, 0.15) is 25.0 Å². The number of carbonyl (C=O) groups excluding carboxylic acids is 1. The van der Waals surface area contributed by atoms with E-state index in [9.17, 15) is 17.6 Å². The fourth-order valence-electron chi connectivity index (χ4n) is 2.94. The molecule has 0 aliphatic rings. The Morgan fingerprint density at radius 2 is 1.56 bits per heavy atom. The van der Waals surface area contributed by atoms with Crippen LogP contribution in [0.15, 0.2) is 77.7 Å². The van der Waals surface area contributed by atoms with Gasteiger partial charge in [-0.05, 0) is 74.9 Å². The third kappa shape index (κ3) is 6.07. The van der Waals surface area contributed by atoms with Crippen LogP contribution in [0.3, 0.4) is 0 Å². The SMILES string of the molecule is Cc1ccc(NC(=O)N(Cc2ccc(OS(=O)(=O)c3ccc(F)cc3)cc2)C(C)C)cc1. The Labute approximate surface area is 187 Å². The van der Waals surface area contributed by atoms with Gasteiger partial charge in [0.1, 0.15) is 16.5 Å². The summed E-state index contributed by atoms with van der Waals surface area (Å²) in [5, 5.41) is 2.89. The summed E-state index contributed by atoms with van der Waals surface area (Å²) in [5.41, 5.74) is 2.62. The van der Waals surface area contributed by atoms with E-state index < -0.39 is 15.9 Å². The van der Waals surface area contributed by atoms with Crippen molar-refractivity contribution >= 4 is 21.8 Å². The zero-order valence-corrected chi connectivity index (χ0v) is 18.9. The molecule has 0 spiro atoms. The average Bonchev–Trinajstić information content (AvgIpc) is 2.74. The fraction of sp³-hybridized carbons (Fsp3) is 0.208. The first-order valence-corrected chi connectivity index (χ1v) is 11.5. The minimum Gasteiger partial charge on any atom is -0.379 e. The van der Waals surface area contributed by atoms with Crippen molar-refractivity contribution in [2.75, 3.05) is 5.32 Å². The highest BCUT2D eigenvalue weighted by Crippen LogP contribution is 2.21. The van der Waals surface area contributed by atoms with Crippen LogP contribution in [-0.4, -0.2) is 25.4 Å². The van der Waals surface area contributed by atoms with Crippen LogP contribution in [0.4, 0.5) is 14.9 Å². The Kier molecular flexibility index (Phi) is 7.15. The second kappa shape index (κ2) is 9.82. The van der Waals surface area contributed by atoms with E-state index in [4.69, 9.17) is 4.18 Å². The Morgan fingerprint density at radius 3 is 2.12 bits per heavy atom. The maximum atomic E-state index is 13.0. The van der Waals surface area contributed by atoms with E-state index >= 15 is 0 Å². The van der Waals surface area contributed by atoms with Gasteiger partial charge >= 0.3 is 16.1 Å². The van der Waals surface area contributed by atoms with E-state index in [0.29, 0.717) is 12.2 Å². The molecule has 32 heavy (non-hydrogen) atoms. The molecule has 3 aromatic carbocycles. The molecule has 0 heterocycles. The van der Waals surface area contributed by atoms with E-state index in [0.717, 1.165) is 35.4 Å². The summed E-state index contributed by atoms with van der Waals surface area (Å²) in [6.45, 7) is 6.15. The average molecular weight is 457 g/mol. The molecule has 0 saturated carbocycles. The highest BCUT2D eigenvalue weighted by Gasteiger charge is 2.19. The standard InChI is InChI=1S/C24H25FN2O4S/c1-17(2)27(24(28)26-21-10-4-18(3)5-11-21)16-19-6-12-22(13-7-19)31-32(29,30)23-14-8-20(25)9-15-23/h4-15,17H,16H2,1-3H3,(H,26,28). The number of carbonyl (C=O) groups is 1. The number of hydrogen-bond donors (Lipinski definition) is 1. The lowest BCUT2D eigenvalue weighted by Gasteiger charge is -2.27. The summed E-state index contributed by atoms with van der Waals surface area (Å²) in [7, 11) is -4.07. The van der Waals surface area contributed by atoms with Gasteiger partial charge in [-0.2, -0.15) is 8.42 Å². The van der Waals surface area contributed by atoms with Gasteiger partial charge in [-0.15, -0.1) is 0 Å². The minimum absolute atomic E-state index is 0.0600. The lowest BCUT2D eigenvalue weighted by molar-refractivity contribution is 0.193.